The van der Waals surface area contributed by atoms with Crippen molar-refractivity contribution in [2.24, 2.45) is 23.2 Å². The van der Waals surface area contributed by atoms with Crippen molar-refractivity contribution < 1.29 is 10.2 Å². The van der Waals surface area contributed by atoms with Crippen LogP contribution < -0.4 is 0 Å². The van der Waals surface area contributed by atoms with Gasteiger partial charge in [0, 0.05) is 13.2 Å². The van der Waals surface area contributed by atoms with Crippen molar-refractivity contribution in [3.63, 3.8) is 0 Å². The molecule has 2 N–H and O–H groups in total. The van der Waals surface area contributed by atoms with E-state index in [0.29, 0.717) is 23.9 Å². The van der Waals surface area contributed by atoms with Gasteiger partial charge in [0.05, 0.1) is 6.10 Å². The topological polar surface area (TPSA) is 43.7 Å². The van der Waals surface area contributed by atoms with Crippen LogP contribution in [0.2, 0.25) is 0 Å². The third kappa shape index (κ3) is 4.19. The summed E-state index contributed by atoms with van der Waals surface area (Å²) in [4.78, 5) is 2.51. The summed E-state index contributed by atoms with van der Waals surface area (Å²) in [6.07, 6.45) is 5.44. The Morgan fingerprint density at radius 2 is 1.70 bits per heavy atom. The van der Waals surface area contributed by atoms with Gasteiger partial charge in [0.2, 0.25) is 0 Å². The Balaban J connectivity index is 1.84. The van der Waals surface area contributed by atoms with Gasteiger partial charge in [-0.25, -0.2) is 0 Å². The molecule has 1 heterocycles. The summed E-state index contributed by atoms with van der Waals surface area (Å²) >= 11 is 0. The molecule has 0 amide bonds. The minimum absolute atomic E-state index is 0.107. The highest BCUT2D eigenvalue weighted by Gasteiger charge is 2.36. The lowest BCUT2D eigenvalue weighted by atomic mass is 9.68. The van der Waals surface area contributed by atoms with Gasteiger partial charge in [0.25, 0.3) is 0 Å². The van der Waals surface area contributed by atoms with E-state index >= 15 is 0 Å². The van der Waals surface area contributed by atoms with Gasteiger partial charge in [0.1, 0.15) is 0 Å². The average molecular weight is 283 g/mol. The van der Waals surface area contributed by atoms with E-state index in [1.54, 1.807) is 0 Å². The second-order valence-corrected chi connectivity index (χ2v) is 8.13. The van der Waals surface area contributed by atoms with E-state index in [1.807, 2.05) is 0 Å². The maximum atomic E-state index is 10.3. The Morgan fingerprint density at radius 3 is 2.25 bits per heavy atom. The van der Waals surface area contributed by atoms with E-state index in [0.717, 1.165) is 44.8 Å². The van der Waals surface area contributed by atoms with Crippen LogP contribution in [0.5, 0.6) is 0 Å². The average Bonchev–Trinajstić information content (AvgIpc) is 2.41. The molecule has 1 saturated carbocycles. The van der Waals surface area contributed by atoms with E-state index in [2.05, 4.69) is 25.7 Å². The van der Waals surface area contributed by atoms with Crippen LogP contribution in [0.4, 0.5) is 0 Å². The molecule has 0 radical (unpaired) electrons. The van der Waals surface area contributed by atoms with Crippen LogP contribution in [0, 0.1) is 23.2 Å². The third-order valence-electron chi connectivity index (χ3n) is 5.63. The summed E-state index contributed by atoms with van der Waals surface area (Å²) in [6.45, 7) is 10.6. The van der Waals surface area contributed by atoms with Crippen molar-refractivity contribution in [2.75, 3.05) is 26.2 Å². The lowest BCUT2D eigenvalue weighted by Gasteiger charge is -2.42. The maximum absolute atomic E-state index is 10.3. The molecule has 3 atom stereocenters. The Kier molecular flexibility index (Phi) is 5.49. The van der Waals surface area contributed by atoms with E-state index in [9.17, 15) is 10.2 Å². The van der Waals surface area contributed by atoms with Gasteiger partial charge < -0.3 is 15.1 Å². The van der Waals surface area contributed by atoms with Crippen molar-refractivity contribution in [1.82, 2.24) is 4.90 Å². The van der Waals surface area contributed by atoms with Crippen molar-refractivity contribution in [3.8, 4) is 0 Å². The fraction of sp³-hybridized carbons (Fsp3) is 1.00. The predicted octanol–water partition coefficient (Wildman–Crippen LogP) is 2.51. The normalized spacial score (nSPS) is 34.4. The second kappa shape index (κ2) is 6.76. The summed E-state index contributed by atoms with van der Waals surface area (Å²) in [5.41, 5.74) is 0.363. The molecule has 0 aromatic carbocycles. The van der Waals surface area contributed by atoms with Gasteiger partial charge in [-0.2, -0.15) is 0 Å². The first-order valence-electron chi connectivity index (χ1n) is 8.41. The van der Waals surface area contributed by atoms with Crippen molar-refractivity contribution in [3.05, 3.63) is 0 Å². The number of piperidine rings is 1. The molecule has 2 aliphatic rings. The van der Waals surface area contributed by atoms with Gasteiger partial charge in [-0.05, 0) is 68.4 Å². The molecule has 2 rings (SSSR count). The molecule has 0 spiro atoms. The van der Waals surface area contributed by atoms with Crippen LogP contribution in [0.15, 0.2) is 0 Å². The van der Waals surface area contributed by atoms with Crippen molar-refractivity contribution >= 4 is 0 Å². The number of hydrogen-bond acceptors (Lipinski definition) is 3. The molecule has 0 bridgehead atoms. The Labute approximate surface area is 124 Å². The van der Waals surface area contributed by atoms with Gasteiger partial charge in [-0.1, -0.05) is 20.8 Å². The van der Waals surface area contributed by atoms with Crippen LogP contribution in [-0.2, 0) is 0 Å². The zero-order valence-corrected chi connectivity index (χ0v) is 13.5. The maximum Gasteiger partial charge on any atom is 0.0580 e. The molecular weight excluding hydrogens is 250 g/mol. The number of hydrogen-bond donors (Lipinski definition) is 2. The molecular formula is C17H33NO2. The highest BCUT2D eigenvalue weighted by molar-refractivity contribution is 4.87. The van der Waals surface area contributed by atoms with E-state index in [4.69, 9.17) is 0 Å². The highest BCUT2D eigenvalue weighted by atomic mass is 16.3. The molecule has 3 heteroatoms. The molecule has 118 valence electrons. The van der Waals surface area contributed by atoms with E-state index in [1.165, 1.54) is 12.8 Å². The monoisotopic (exact) mass is 283 g/mol. The predicted molar refractivity (Wildman–Crippen MR) is 82.5 cm³/mol. The standard InChI is InChI=1S/C17H33NO2/c1-17(2,3)15-4-5-16(20)14(10-15)11-18-8-6-13(12-19)7-9-18/h13-16,19-20H,4-12H2,1-3H3. The van der Waals surface area contributed by atoms with E-state index < -0.39 is 0 Å². The second-order valence-electron chi connectivity index (χ2n) is 8.13. The molecule has 0 aromatic rings. The van der Waals surface area contributed by atoms with Crippen molar-refractivity contribution in [1.29, 1.82) is 0 Å². The number of likely N-dealkylation sites (tertiary alicyclic amines) is 1. The van der Waals surface area contributed by atoms with Crippen LogP contribution in [-0.4, -0.2) is 47.5 Å². The number of nitrogens with zero attached hydrogens (tertiary/aromatic N) is 1. The highest BCUT2D eigenvalue weighted by Crippen LogP contribution is 2.40. The Hall–Kier alpha value is -0.120. The van der Waals surface area contributed by atoms with Crippen LogP contribution in [0.3, 0.4) is 0 Å². The lowest BCUT2D eigenvalue weighted by Crippen LogP contribution is -2.44. The van der Waals surface area contributed by atoms with Crippen LogP contribution in [0.25, 0.3) is 0 Å². The summed E-state index contributed by atoms with van der Waals surface area (Å²) in [7, 11) is 0. The first-order chi connectivity index (χ1) is 9.40. The fourth-order valence-electron chi connectivity index (χ4n) is 3.91. The molecule has 0 aromatic heterocycles. The number of aliphatic hydroxyl groups is 2. The smallest absolute Gasteiger partial charge is 0.0580 e. The van der Waals surface area contributed by atoms with E-state index in [-0.39, 0.29) is 6.10 Å². The van der Waals surface area contributed by atoms with Crippen LogP contribution >= 0.6 is 0 Å². The molecule has 3 nitrogen and oxygen atoms in total. The zero-order chi connectivity index (χ0) is 14.8. The van der Waals surface area contributed by atoms with Gasteiger partial charge in [-0.3, -0.25) is 0 Å². The van der Waals surface area contributed by atoms with Crippen molar-refractivity contribution in [2.45, 2.75) is 59.0 Å². The minimum atomic E-state index is -0.107. The minimum Gasteiger partial charge on any atom is -0.396 e. The summed E-state index contributed by atoms with van der Waals surface area (Å²) in [5, 5.41) is 19.5. The molecule has 20 heavy (non-hydrogen) atoms. The van der Waals surface area contributed by atoms with Gasteiger partial charge in [-0.15, -0.1) is 0 Å². The molecule has 2 fully saturated rings. The Morgan fingerprint density at radius 1 is 1.05 bits per heavy atom. The molecule has 1 aliphatic carbocycles. The largest absolute Gasteiger partial charge is 0.396 e. The summed E-state index contributed by atoms with van der Waals surface area (Å²) in [6, 6.07) is 0. The fourth-order valence-corrected chi connectivity index (χ4v) is 3.91. The number of aliphatic hydroxyl groups excluding tert-OH is 2. The van der Waals surface area contributed by atoms with Gasteiger partial charge in [0.15, 0.2) is 0 Å². The SMILES string of the molecule is CC(C)(C)C1CCC(O)C(CN2CCC(CO)CC2)C1. The number of rotatable bonds is 3. The quantitative estimate of drug-likeness (QED) is 0.836. The molecule has 1 aliphatic heterocycles. The lowest BCUT2D eigenvalue weighted by molar-refractivity contribution is -0.00287. The zero-order valence-electron chi connectivity index (χ0n) is 13.5. The first kappa shape index (κ1) is 16.3. The first-order valence-corrected chi connectivity index (χ1v) is 8.41. The summed E-state index contributed by atoms with van der Waals surface area (Å²) in [5.74, 6) is 1.69. The molecule has 3 unspecified atom stereocenters. The summed E-state index contributed by atoms with van der Waals surface area (Å²) < 4.78 is 0. The molecule has 1 saturated heterocycles. The third-order valence-corrected chi connectivity index (χ3v) is 5.63. The Bertz CT molecular complexity index is 292. The van der Waals surface area contributed by atoms with Crippen LogP contribution in [0.1, 0.15) is 52.9 Å². The van der Waals surface area contributed by atoms with Gasteiger partial charge >= 0.3 is 0 Å².